The van der Waals surface area contributed by atoms with Gasteiger partial charge >= 0.3 is 11.4 Å². The van der Waals surface area contributed by atoms with Crippen molar-refractivity contribution in [3.8, 4) is 11.4 Å². The molecule has 0 radical (unpaired) electrons. The fourth-order valence-corrected chi connectivity index (χ4v) is 3.84. The van der Waals surface area contributed by atoms with Crippen LogP contribution in [0.3, 0.4) is 0 Å². The summed E-state index contributed by atoms with van der Waals surface area (Å²) < 4.78 is 3.78. The van der Waals surface area contributed by atoms with Crippen molar-refractivity contribution in [2.24, 2.45) is 0 Å². The van der Waals surface area contributed by atoms with Crippen LogP contribution >= 0.6 is 79.4 Å². The number of imidazole rings is 3. The molecule has 0 saturated carbocycles. The van der Waals surface area contributed by atoms with Crippen molar-refractivity contribution in [2.75, 3.05) is 30.0 Å². The number of H-pyrrole nitrogens is 1. The topological polar surface area (TPSA) is 314 Å². The summed E-state index contributed by atoms with van der Waals surface area (Å²) in [5.74, 6) is 0.0743. The second kappa shape index (κ2) is 24.8. The Balaban J connectivity index is 0.000000687. The van der Waals surface area contributed by atoms with Crippen molar-refractivity contribution in [1.29, 1.82) is 0 Å². The Bertz CT molecular complexity index is 2050. The number of pyridine rings is 3. The quantitative estimate of drug-likeness (QED) is 0.0450. The van der Waals surface area contributed by atoms with Gasteiger partial charge in [-0.15, -0.1) is 0 Å². The number of nitro groups is 2. The SMILES string of the molecule is C.CC(I)(I)I.CO.Cc1cn(-c2ccnc(N)c2N)cn1.Cc1cn(-c2ccnc(N)c2[N+](=O)[O-])cn1.Cc1cnc[nH]1.Nc1nccc(Cl)c1[N+](=O)[O-]. The molecule has 0 aliphatic heterocycles. The molecule has 0 aliphatic rings. The van der Waals surface area contributed by atoms with Gasteiger partial charge in [-0.3, -0.25) is 24.8 Å². The van der Waals surface area contributed by atoms with Crippen molar-refractivity contribution < 1.29 is 15.0 Å². The van der Waals surface area contributed by atoms with Crippen LogP contribution in [0.1, 0.15) is 31.4 Å². The Morgan fingerprint density at radius 1 is 0.764 bits per heavy atom. The average molecular weight is 1120 g/mol. The van der Waals surface area contributed by atoms with Crippen LogP contribution in [-0.2, 0) is 0 Å². The lowest BCUT2D eigenvalue weighted by Crippen LogP contribution is -2.03. The highest BCUT2D eigenvalue weighted by molar-refractivity contribution is 14.3. The third kappa shape index (κ3) is 18.1. The fourth-order valence-electron chi connectivity index (χ4n) is 3.62. The van der Waals surface area contributed by atoms with E-state index < -0.39 is 9.85 Å². The van der Waals surface area contributed by atoms with Crippen molar-refractivity contribution in [3.05, 3.63) is 117 Å². The van der Waals surface area contributed by atoms with Crippen LogP contribution in [0, 0.1) is 41.0 Å². The maximum atomic E-state index is 10.9. The average Bonchev–Trinajstić information content (AvgIpc) is 3.86. The van der Waals surface area contributed by atoms with E-state index in [1.807, 2.05) is 24.6 Å². The summed E-state index contributed by atoms with van der Waals surface area (Å²) in [6, 6.07) is 4.64. The third-order valence-corrected chi connectivity index (χ3v) is 6.12. The van der Waals surface area contributed by atoms with Crippen LogP contribution in [0.15, 0.2) is 74.4 Å². The van der Waals surface area contributed by atoms with Gasteiger partial charge in [-0.25, -0.2) is 29.9 Å². The second-order valence-corrected chi connectivity index (χ2v) is 23.2. The number of aliphatic hydroxyl groups is 1. The molecule has 0 spiro atoms. The molecule has 20 nitrogen and oxygen atoms in total. The molecular formula is C31H41ClI3N15O5. The molecule has 6 heterocycles. The van der Waals surface area contributed by atoms with Crippen molar-refractivity contribution >= 4 is 114 Å². The number of halogens is 4. The molecule has 0 bridgehead atoms. The van der Waals surface area contributed by atoms with Gasteiger partial charge in [0.05, 0.1) is 51.6 Å². The molecule has 0 aliphatic carbocycles. The van der Waals surface area contributed by atoms with E-state index in [0.717, 1.165) is 29.9 Å². The zero-order valence-electron chi connectivity index (χ0n) is 29.3. The maximum absolute atomic E-state index is 10.9. The number of aliphatic hydroxyl groups excluding tert-OH is 1. The van der Waals surface area contributed by atoms with Gasteiger partial charge in [-0.05, 0) is 45.9 Å². The fraction of sp³-hybridized carbons (Fsp3) is 0.226. The Morgan fingerprint density at radius 2 is 1.18 bits per heavy atom. The number of aromatic amines is 1. The lowest BCUT2D eigenvalue weighted by Gasteiger charge is -2.06. The van der Waals surface area contributed by atoms with Crippen LogP contribution in [0.25, 0.3) is 11.4 Å². The molecule has 6 rings (SSSR count). The molecule has 0 fully saturated rings. The minimum Gasteiger partial charge on any atom is -0.400 e. The Hall–Kier alpha value is -4.48. The summed E-state index contributed by atoms with van der Waals surface area (Å²) in [6.45, 7) is 7.83. The number of aryl methyl sites for hydroxylation is 3. The molecule has 0 amide bonds. The van der Waals surface area contributed by atoms with Crippen LogP contribution in [0.2, 0.25) is 5.02 Å². The van der Waals surface area contributed by atoms with E-state index in [0.29, 0.717) is 16.6 Å². The highest BCUT2D eigenvalue weighted by Gasteiger charge is 2.20. The number of nitrogen functional groups attached to an aromatic ring is 4. The van der Waals surface area contributed by atoms with Crippen molar-refractivity contribution in [3.63, 3.8) is 0 Å². The standard InChI is InChI=1S/C9H9N5O2.C9H11N5.C5H4ClN3O2.C4H6N2.C2H3I3.CH4O.CH4/c1-6-4-13(5-12-6)7-2-3-11-9(10)8(7)14(15)16;1-6-4-14(5-13-6)7-2-3-12-9(11)8(7)10;6-3-1-2-8-5(7)4(3)9(10)11;1-4-2-5-3-6-4;1-2(3,4)5;1-2;/h2-5H,1H3,(H2,10,11);2-5H,10H2,1H3,(H2,11,12);1-2H,(H2,7,8);2-3H,1H3,(H,5,6);1H3;2H,1H3;1H4. The van der Waals surface area contributed by atoms with Gasteiger partial charge in [0, 0.05) is 50.0 Å². The third-order valence-electron chi connectivity index (χ3n) is 5.81. The zero-order valence-corrected chi connectivity index (χ0v) is 36.5. The first-order valence-electron chi connectivity index (χ1n) is 14.7. The van der Waals surface area contributed by atoms with Gasteiger partial charge < -0.3 is 37.6 Å². The first-order valence-corrected chi connectivity index (χ1v) is 18.3. The van der Waals surface area contributed by atoms with E-state index in [1.54, 1.807) is 48.8 Å². The van der Waals surface area contributed by atoms with E-state index in [9.17, 15) is 20.2 Å². The monoisotopic (exact) mass is 1120 g/mol. The highest BCUT2D eigenvalue weighted by atomic mass is 127. The predicted molar refractivity (Wildman–Crippen MR) is 241 cm³/mol. The van der Waals surface area contributed by atoms with Gasteiger partial charge in [0.1, 0.15) is 16.0 Å². The van der Waals surface area contributed by atoms with Crippen molar-refractivity contribution in [2.45, 2.75) is 34.6 Å². The molecule has 0 unspecified atom stereocenters. The number of alkyl halides is 3. The van der Waals surface area contributed by atoms with Gasteiger partial charge in [0.15, 0.2) is 0 Å². The minimum absolute atomic E-state index is 0. The molecule has 0 atom stereocenters. The molecule has 0 saturated heterocycles. The zero-order chi connectivity index (χ0) is 41.2. The van der Waals surface area contributed by atoms with E-state index in [4.69, 9.17) is 39.6 Å². The van der Waals surface area contributed by atoms with Gasteiger partial charge in [0.25, 0.3) is 0 Å². The summed E-state index contributed by atoms with van der Waals surface area (Å²) in [5, 5.41) is 28.1. The normalized spacial score (nSPS) is 9.71. The number of hydrogen-bond acceptors (Lipinski definition) is 15. The highest BCUT2D eigenvalue weighted by Crippen LogP contribution is 2.33. The van der Waals surface area contributed by atoms with Crippen molar-refractivity contribution in [1.82, 2.24) is 44.0 Å². The maximum Gasteiger partial charge on any atom is 0.334 e. The van der Waals surface area contributed by atoms with Crippen LogP contribution in [-0.4, -0.2) is 65.5 Å². The number of nitrogens with zero attached hydrogens (tertiary/aromatic N) is 10. The minimum atomic E-state index is -0.662. The smallest absolute Gasteiger partial charge is 0.334 e. The van der Waals surface area contributed by atoms with E-state index in [1.165, 1.54) is 30.9 Å². The van der Waals surface area contributed by atoms with Crippen LogP contribution in [0.5, 0.6) is 0 Å². The van der Waals surface area contributed by atoms with Crippen LogP contribution in [0.4, 0.5) is 34.5 Å². The summed E-state index contributed by atoms with van der Waals surface area (Å²) in [5.41, 5.74) is 25.9. The Labute approximate surface area is 362 Å². The summed E-state index contributed by atoms with van der Waals surface area (Å²) in [4.78, 5) is 45.8. The van der Waals surface area contributed by atoms with E-state index in [-0.39, 0.29) is 35.5 Å². The number of rotatable bonds is 4. The molecule has 24 heteroatoms. The molecule has 10 N–H and O–H groups in total. The predicted octanol–water partition coefficient (Wildman–Crippen LogP) is 6.96. The van der Waals surface area contributed by atoms with Crippen LogP contribution < -0.4 is 22.9 Å². The molecule has 6 aromatic heterocycles. The molecule has 6 aromatic rings. The number of nitrogens with two attached hydrogens (primary N) is 4. The lowest BCUT2D eigenvalue weighted by molar-refractivity contribution is -0.384. The first-order chi connectivity index (χ1) is 25.3. The summed E-state index contributed by atoms with van der Waals surface area (Å²) in [6.07, 6.45) is 14.5. The van der Waals surface area contributed by atoms with Gasteiger partial charge in [-0.2, -0.15) is 0 Å². The second-order valence-electron chi connectivity index (χ2n) is 10.1. The van der Waals surface area contributed by atoms with Gasteiger partial charge in [-0.1, -0.05) is 86.8 Å². The summed E-state index contributed by atoms with van der Waals surface area (Å²) in [7, 11) is 1.00. The largest absolute Gasteiger partial charge is 0.400 e. The number of aromatic nitrogens is 9. The lowest BCUT2D eigenvalue weighted by atomic mass is 10.3. The van der Waals surface area contributed by atoms with Gasteiger partial charge in [0.2, 0.25) is 11.6 Å². The first kappa shape index (κ1) is 50.5. The number of nitrogens with one attached hydrogen (secondary N) is 1. The Morgan fingerprint density at radius 3 is 1.53 bits per heavy atom. The molecule has 55 heavy (non-hydrogen) atoms. The Kier molecular flexibility index (Phi) is 22.8. The van der Waals surface area contributed by atoms with E-state index in [2.05, 4.69) is 110 Å². The molecular weight excluding hydrogens is 1080 g/mol. The molecule has 298 valence electrons. The molecule has 0 aromatic carbocycles. The van der Waals surface area contributed by atoms with E-state index >= 15 is 0 Å². The number of hydrogen-bond donors (Lipinski definition) is 6. The number of anilines is 4. The summed E-state index contributed by atoms with van der Waals surface area (Å²) >= 11 is 12.5.